The molecular formula is C23H23NO4. The number of rotatable bonds is 8. The number of Topliss-reactive ketones (excluding diaryl/α,β-unsaturated/α-hetero) is 1. The van der Waals surface area contributed by atoms with Gasteiger partial charge in [-0.3, -0.25) is 9.59 Å². The highest BCUT2D eigenvalue weighted by Crippen LogP contribution is 2.24. The third-order valence-corrected chi connectivity index (χ3v) is 4.50. The lowest BCUT2D eigenvalue weighted by Gasteiger charge is -2.16. The number of hydrogen-bond donors (Lipinski definition) is 1. The zero-order valence-electron chi connectivity index (χ0n) is 16.0. The van der Waals surface area contributed by atoms with Crippen LogP contribution in [0.3, 0.4) is 0 Å². The molecule has 0 radical (unpaired) electrons. The second-order valence-corrected chi connectivity index (χ2v) is 6.58. The maximum Gasteiger partial charge on any atom is 0.258 e. The summed E-state index contributed by atoms with van der Waals surface area (Å²) in [5.41, 5.74) is 0.993. The molecule has 5 nitrogen and oxygen atoms in total. The van der Waals surface area contributed by atoms with Crippen LogP contribution in [-0.2, 0) is 16.0 Å². The minimum Gasteiger partial charge on any atom is -0.497 e. The molecule has 0 unspecified atom stereocenters. The van der Waals surface area contributed by atoms with Crippen molar-refractivity contribution in [2.75, 3.05) is 13.7 Å². The number of methoxy groups -OCH3 is 1. The molecule has 1 N–H and O–H groups in total. The average molecular weight is 377 g/mol. The second-order valence-electron chi connectivity index (χ2n) is 6.58. The van der Waals surface area contributed by atoms with Crippen molar-refractivity contribution in [3.8, 4) is 11.5 Å². The highest BCUT2D eigenvalue weighted by molar-refractivity contribution is 5.88. The van der Waals surface area contributed by atoms with E-state index in [1.165, 1.54) is 6.92 Å². The summed E-state index contributed by atoms with van der Waals surface area (Å²) >= 11 is 0. The Morgan fingerprint density at radius 2 is 1.61 bits per heavy atom. The fourth-order valence-corrected chi connectivity index (χ4v) is 2.95. The number of carbonyl (C=O) groups excluding carboxylic acids is 2. The Labute approximate surface area is 164 Å². The van der Waals surface area contributed by atoms with Crippen molar-refractivity contribution in [1.29, 1.82) is 0 Å². The van der Waals surface area contributed by atoms with Crippen molar-refractivity contribution < 1.29 is 19.1 Å². The highest BCUT2D eigenvalue weighted by Gasteiger charge is 2.18. The van der Waals surface area contributed by atoms with E-state index in [1.54, 1.807) is 7.11 Å². The van der Waals surface area contributed by atoms with E-state index in [0.717, 1.165) is 22.1 Å². The largest absolute Gasteiger partial charge is 0.497 e. The predicted octanol–water partition coefficient (Wildman–Crippen LogP) is 3.54. The molecule has 0 bridgehead atoms. The molecule has 5 heteroatoms. The van der Waals surface area contributed by atoms with Crippen LogP contribution in [0.15, 0.2) is 66.7 Å². The second kappa shape index (κ2) is 9.04. The van der Waals surface area contributed by atoms with E-state index in [4.69, 9.17) is 9.47 Å². The first kappa shape index (κ1) is 19.4. The molecule has 3 aromatic rings. The summed E-state index contributed by atoms with van der Waals surface area (Å²) < 4.78 is 10.9. The van der Waals surface area contributed by atoms with E-state index in [1.807, 2.05) is 66.7 Å². The van der Waals surface area contributed by atoms with Gasteiger partial charge in [0.15, 0.2) is 12.4 Å². The van der Waals surface area contributed by atoms with Crippen LogP contribution in [0.5, 0.6) is 11.5 Å². The van der Waals surface area contributed by atoms with Gasteiger partial charge >= 0.3 is 0 Å². The summed E-state index contributed by atoms with van der Waals surface area (Å²) in [6.07, 6.45) is 0.456. The molecule has 0 aromatic heterocycles. The molecule has 144 valence electrons. The first-order valence-corrected chi connectivity index (χ1v) is 9.09. The number of benzene rings is 3. The van der Waals surface area contributed by atoms with E-state index >= 15 is 0 Å². The lowest BCUT2D eigenvalue weighted by atomic mass is 10.0. The van der Waals surface area contributed by atoms with Crippen LogP contribution < -0.4 is 14.8 Å². The van der Waals surface area contributed by atoms with Gasteiger partial charge in [0.1, 0.15) is 11.5 Å². The Morgan fingerprint density at radius 1 is 0.929 bits per heavy atom. The van der Waals surface area contributed by atoms with Gasteiger partial charge < -0.3 is 14.8 Å². The smallest absolute Gasteiger partial charge is 0.258 e. The molecule has 0 aliphatic carbocycles. The number of ether oxygens (including phenoxy) is 2. The van der Waals surface area contributed by atoms with Gasteiger partial charge in [0, 0.05) is 0 Å². The fraction of sp³-hybridized carbons (Fsp3) is 0.217. The van der Waals surface area contributed by atoms with Crippen molar-refractivity contribution in [1.82, 2.24) is 5.32 Å². The van der Waals surface area contributed by atoms with Gasteiger partial charge in [0.25, 0.3) is 5.91 Å². The van der Waals surface area contributed by atoms with Gasteiger partial charge in [-0.25, -0.2) is 0 Å². The van der Waals surface area contributed by atoms with E-state index in [-0.39, 0.29) is 18.3 Å². The molecule has 0 spiro atoms. The monoisotopic (exact) mass is 377 g/mol. The van der Waals surface area contributed by atoms with Crippen LogP contribution in [-0.4, -0.2) is 31.4 Å². The highest BCUT2D eigenvalue weighted by atomic mass is 16.5. The Kier molecular flexibility index (Phi) is 6.27. The summed E-state index contributed by atoms with van der Waals surface area (Å²) in [4.78, 5) is 24.2. The minimum atomic E-state index is -0.570. The molecule has 0 aliphatic heterocycles. The third-order valence-electron chi connectivity index (χ3n) is 4.50. The van der Waals surface area contributed by atoms with Gasteiger partial charge in [-0.05, 0) is 53.9 Å². The zero-order chi connectivity index (χ0) is 19.9. The van der Waals surface area contributed by atoms with Gasteiger partial charge in [0.05, 0.1) is 13.2 Å². The standard InChI is InChI=1S/C23H23NO4/c1-16(25)22(12-17-6-4-3-5-7-17)24-23(26)15-28-21-11-9-18-8-10-20(27-2)13-19(18)14-21/h3-11,13-14,22H,12,15H2,1-2H3,(H,24,26)/t22-/m0/s1. The number of fused-ring (bicyclic) bond motifs is 1. The predicted molar refractivity (Wildman–Crippen MR) is 109 cm³/mol. The van der Waals surface area contributed by atoms with Crippen LogP contribution in [0.2, 0.25) is 0 Å². The third kappa shape index (κ3) is 5.10. The molecule has 1 atom stereocenters. The molecule has 0 aliphatic rings. The topological polar surface area (TPSA) is 64.6 Å². The average Bonchev–Trinajstić information content (AvgIpc) is 2.71. The lowest BCUT2D eigenvalue weighted by Crippen LogP contribution is -2.43. The Hall–Kier alpha value is -3.34. The van der Waals surface area contributed by atoms with E-state index < -0.39 is 6.04 Å². The number of nitrogens with one attached hydrogen (secondary N) is 1. The maximum atomic E-state index is 12.3. The zero-order valence-corrected chi connectivity index (χ0v) is 16.0. The SMILES string of the molecule is COc1ccc2ccc(OCC(=O)N[C@@H](Cc3ccccc3)C(C)=O)cc2c1. The molecule has 1 amide bonds. The normalized spacial score (nSPS) is 11.6. The molecule has 0 heterocycles. The van der Waals surface area contributed by atoms with E-state index in [9.17, 15) is 9.59 Å². The Balaban J connectivity index is 1.60. The molecular weight excluding hydrogens is 354 g/mol. The van der Waals surface area contributed by atoms with E-state index in [2.05, 4.69) is 5.32 Å². The number of hydrogen-bond acceptors (Lipinski definition) is 4. The molecule has 0 saturated heterocycles. The summed E-state index contributed by atoms with van der Waals surface area (Å²) in [6, 6.07) is 20.4. The first-order valence-electron chi connectivity index (χ1n) is 9.09. The lowest BCUT2D eigenvalue weighted by molar-refractivity contribution is -0.128. The Morgan fingerprint density at radius 3 is 2.29 bits per heavy atom. The van der Waals surface area contributed by atoms with Crippen LogP contribution >= 0.6 is 0 Å². The van der Waals surface area contributed by atoms with Crippen LogP contribution in [0, 0.1) is 0 Å². The molecule has 3 aromatic carbocycles. The van der Waals surface area contributed by atoms with Gasteiger partial charge in [-0.2, -0.15) is 0 Å². The molecule has 28 heavy (non-hydrogen) atoms. The van der Waals surface area contributed by atoms with Crippen molar-refractivity contribution >= 4 is 22.5 Å². The molecule has 0 saturated carbocycles. The Bertz CT molecular complexity index is 969. The van der Waals surface area contributed by atoms with E-state index in [0.29, 0.717) is 12.2 Å². The maximum absolute atomic E-state index is 12.3. The van der Waals surface area contributed by atoms with Crippen molar-refractivity contribution in [3.63, 3.8) is 0 Å². The van der Waals surface area contributed by atoms with Crippen molar-refractivity contribution in [2.24, 2.45) is 0 Å². The van der Waals surface area contributed by atoms with Gasteiger partial charge in [-0.1, -0.05) is 42.5 Å². The summed E-state index contributed by atoms with van der Waals surface area (Å²) in [5, 5.41) is 4.77. The summed E-state index contributed by atoms with van der Waals surface area (Å²) in [5.74, 6) is 0.919. The van der Waals surface area contributed by atoms with Gasteiger partial charge in [0.2, 0.25) is 0 Å². The molecule has 3 rings (SSSR count). The quantitative estimate of drug-likeness (QED) is 0.652. The first-order chi connectivity index (χ1) is 13.5. The van der Waals surface area contributed by atoms with Crippen molar-refractivity contribution in [2.45, 2.75) is 19.4 Å². The fourth-order valence-electron chi connectivity index (χ4n) is 2.95. The number of amides is 1. The summed E-state index contributed by atoms with van der Waals surface area (Å²) in [7, 11) is 1.62. The van der Waals surface area contributed by atoms with Crippen LogP contribution in [0.25, 0.3) is 10.8 Å². The van der Waals surface area contributed by atoms with Crippen LogP contribution in [0.1, 0.15) is 12.5 Å². The van der Waals surface area contributed by atoms with Gasteiger partial charge in [-0.15, -0.1) is 0 Å². The molecule has 0 fully saturated rings. The number of ketones is 1. The van der Waals surface area contributed by atoms with Crippen molar-refractivity contribution in [3.05, 3.63) is 72.3 Å². The van der Waals surface area contributed by atoms with Crippen LogP contribution in [0.4, 0.5) is 0 Å². The number of carbonyl (C=O) groups is 2. The summed E-state index contributed by atoms with van der Waals surface area (Å²) in [6.45, 7) is 1.32. The minimum absolute atomic E-state index is 0.0880.